The SMILES string of the molecule is Oc1ccc(C(F)(F)F)cc1.c1cscn1. The second-order valence-corrected chi connectivity index (χ2v) is 3.48. The third kappa shape index (κ3) is 4.31. The van der Waals surface area contributed by atoms with Gasteiger partial charge in [-0.3, -0.25) is 4.98 Å². The van der Waals surface area contributed by atoms with Crippen molar-refractivity contribution in [1.82, 2.24) is 4.98 Å². The van der Waals surface area contributed by atoms with E-state index >= 15 is 0 Å². The summed E-state index contributed by atoms with van der Waals surface area (Å²) in [5.41, 5.74) is 1.04. The molecular formula is C10H8F3NOS. The molecule has 0 radical (unpaired) electrons. The Balaban J connectivity index is 0.000000212. The predicted octanol–water partition coefficient (Wildman–Crippen LogP) is 3.55. The number of hydrogen-bond donors (Lipinski definition) is 1. The molecule has 0 aliphatic rings. The van der Waals surface area contributed by atoms with E-state index in [2.05, 4.69) is 4.98 Å². The van der Waals surface area contributed by atoms with E-state index in [9.17, 15) is 13.2 Å². The van der Waals surface area contributed by atoms with Crippen LogP contribution in [-0.2, 0) is 6.18 Å². The van der Waals surface area contributed by atoms with Crippen LogP contribution in [0.15, 0.2) is 41.4 Å². The zero-order valence-corrected chi connectivity index (χ0v) is 8.79. The first-order valence-corrected chi connectivity index (χ1v) is 5.13. The van der Waals surface area contributed by atoms with Crippen LogP contribution in [0.5, 0.6) is 5.75 Å². The molecule has 1 aromatic heterocycles. The lowest BCUT2D eigenvalue weighted by atomic mass is 10.2. The first kappa shape index (κ1) is 12.5. The van der Waals surface area contributed by atoms with Crippen molar-refractivity contribution in [2.45, 2.75) is 6.18 Å². The zero-order chi connectivity index (χ0) is 12.0. The molecule has 2 rings (SSSR count). The highest BCUT2D eigenvalue weighted by atomic mass is 32.1. The number of aromatic hydroxyl groups is 1. The van der Waals surface area contributed by atoms with E-state index in [1.165, 1.54) is 0 Å². The van der Waals surface area contributed by atoms with Crippen LogP contribution in [0.4, 0.5) is 13.2 Å². The summed E-state index contributed by atoms with van der Waals surface area (Å²) in [4.78, 5) is 3.74. The summed E-state index contributed by atoms with van der Waals surface area (Å²) < 4.78 is 35.5. The van der Waals surface area contributed by atoms with Crippen LogP contribution < -0.4 is 0 Å². The van der Waals surface area contributed by atoms with Gasteiger partial charge in [0.1, 0.15) is 5.75 Å². The van der Waals surface area contributed by atoms with Crippen molar-refractivity contribution in [2.24, 2.45) is 0 Å². The smallest absolute Gasteiger partial charge is 0.416 e. The molecule has 0 saturated carbocycles. The molecule has 1 aromatic carbocycles. The van der Waals surface area contributed by atoms with Gasteiger partial charge in [0.15, 0.2) is 0 Å². The third-order valence-corrected chi connectivity index (χ3v) is 2.06. The van der Waals surface area contributed by atoms with Crippen molar-refractivity contribution in [2.75, 3.05) is 0 Å². The Labute approximate surface area is 94.0 Å². The van der Waals surface area contributed by atoms with E-state index in [0.717, 1.165) is 24.3 Å². The summed E-state index contributed by atoms with van der Waals surface area (Å²) >= 11 is 1.60. The Bertz CT molecular complexity index is 380. The molecule has 86 valence electrons. The number of phenolic OH excluding ortho intramolecular Hbond substituents is 1. The normalized spacial score (nSPS) is 10.4. The minimum absolute atomic E-state index is 0.169. The molecule has 1 N–H and O–H groups in total. The van der Waals surface area contributed by atoms with Crippen LogP contribution in [0.2, 0.25) is 0 Å². The minimum atomic E-state index is -4.33. The summed E-state index contributed by atoms with van der Waals surface area (Å²) in [7, 11) is 0. The standard InChI is InChI=1S/C7H5F3O.C3H3NS/c8-7(9,10)5-1-3-6(11)4-2-5;1-2-5-3-4-1/h1-4,11H;1-3H. The maximum atomic E-state index is 11.8. The first-order chi connectivity index (χ1) is 7.50. The van der Waals surface area contributed by atoms with Crippen LogP contribution in [0.3, 0.4) is 0 Å². The van der Waals surface area contributed by atoms with Gasteiger partial charge in [-0.05, 0) is 24.3 Å². The molecule has 6 heteroatoms. The Morgan fingerprint density at radius 2 is 1.75 bits per heavy atom. The Morgan fingerprint density at radius 1 is 1.12 bits per heavy atom. The van der Waals surface area contributed by atoms with Gasteiger partial charge in [0.05, 0.1) is 11.1 Å². The Morgan fingerprint density at radius 3 is 2.06 bits per heavy atom. The maximum absolute atomic E-state index is 11.8. The Hall–Kier alpha value is -1.56. The summed E-state index contributed by atoms with van der Waals surface area (Å²) in [6, 6.07) is 3.66. The quantitative estimate of drug-likeness (QED) is 0.772. The van der Waals surface area contributed by atoms with Crippen molar-refractivity contribution in [3.63, 3.8) is 0 Å². The van der Waals surface area contributed by atoms with Gasteiger partial charge in [-0.1, -0.05) is 0 Å². The van der Waals surface area contributed by atoms with Crippen molar-refractivity contribution in [3.8, 4) is 5.75 Å². The van der Waals surface area contributed by atoms with E-state index in [1.807, 2.05) is 5.38 Å². The van der Waals surface area contributed by atoms with Crippen LogP contribution in [0.1, 0.15) is 5.56 Å². The first-order valence-electron chi connectivity index (χ1n) is 4.18. The number of halogens is 3. The molecule has 2 aromatic rings. The highest BCUT2D eigenvalue weighted by Crippen LogP contribution is 2.29. The number of thiazole rings is 1. The van der Waals surface area contributed by atoms with Crippen LogP contribution >= 0.6 is 11.3 Å². The largest absolute Gasteiger partial charge is 0.508 e. The molecule has 0 amide bonds. The molecular weight excluding hydrogens is 239 g/mol. The molecule has 1 heterocycles. The number of aromatic nitrogens is 1. The molecule has 0 unspecified atom stereocenters. The monoisotopic (exact) mass is 247 g/mol. The molecule has 0 bridgehead atoms. The van der Waals surface area contributed by atoms with Crippen molar-refractivity contribution in [1.29, 1.82) is 0 Å². The lowest BCUT2D eigenvalue weighted by molar-refractivity contribution is -0.137. The fraction of sp³-hybridized carbons (Fsp3) is 0.100. The highest BCUT2D eigenvalue weighted by molar-refractivity contribution is 7.07. The highest BCUT2D eigenvalue weighted by Gasteiger charge is 2.29. The number of alkyl halides is 3. The number of nitrogens with zero attached hydrogens (tertiary/aromatic N) is 1. The predicted molar refractivity (Wildman–Crippen MR) is 55.2 cm³/mol. The van der Waals surface area contributed by atoms with E-state index in [4.69, 9.17) is 5.11 Å². The zero-order valence-electron chi connectivity index (χ0n) is 7.98. The maximum Gasteiger partial charge on any atom is 0.416 e. The summed E-state index contributed by atoms with van der Waals surface area (Å²) in [6.07, 6.45) is -2.56. The Kier molecular flexibility index (Phi) is 4.30. The summed E-state index contributed by atoms with van der Waals surface area (Å²) in [5, 5.41) is 10.6. The minimum Gasteiger partial charge on any atom is -0.508 e. The van der Waals surface area contributed by atoms with Gasteiger partial charge in [-0.15, -0.1) is 11.3 Å². The van der Waals surface area contributed by atoms with E-state index in [0.29, 0.717) is 0 Å². The average molecular weight is 247 g/mol. The molecule has 0 aliphatic carbocycles. The third-order valence-electron chi connectivity index (χ3n) is 1.54. The molecule has 0 spiro atoms. The van der Waals surface area contributed by atoms with Gasteiger partial charge in [0.25, 0.3) is 0 Å². The molecule has 0 aliphatic heterocycles. The molecule has 0 atom stereocenters. The van der Waals surface area contributed by atoms with Crippen LogP contribution in [0, 0.1) is 0 Å². The molecule has 16 heavy (non-hydrogen) atoms. The number of phenols is 1. The van der Waals surface area contributed by atoms with E-state index < -0.39 is 11.7 Å². The van der Waals surface area contributed by atoms with Crippen LogP contribution in [0.25, 0.3) is 0 Å². The average Bonchev–Trinajstić information content (AvgIpc) is 2.74. The van der Waals surface area contributed by atoms with Gasteiger partial charge in [0.2, 0.25) is 0 Å². The van der Waals surface area contributed by atoms with Crippen LogP contribution in [-0.4, -0.2) is 10.1 Å². The van der Waals surface area contributed by atoms with Crippen molar-refractivity contribution >= 4 is 11.3 Å². The fourth-order valence-electron chi connectivity index (χ4n) is 0.826. The topological polar surface area (TPSA) is 33.1 Å². The van der Waals surface area contributed by atoms with Gasteiger partial charge >= 0.3 is 6.18 Å². The van der Waals surface area contributed by atoms with E-state index in [-0.39, 0.29) is 5.75 Å². The van der Waals surface area contributed by atoms with Gasteiger partial charge < -0.3 is 5.11 Å². The number of rotatable bonds is 0. The number of benzene rings is 1. The van der Waals surface area contributed by atoms with Gasteiger partial charge in [0, 0.05) is 11.6 Å². The van der Waals surface area contributed by atoms with Gasteiger partial charge in [-0.25, -0.2) is 0 Å². The summed E-state index contributed by atoms with van der Waals surface area (Å²) in [5.74, 6) is -0.169. The van der Waals surface area contributed by atoms with Crippen molar-refractivity contribution < 1.29 is 18.3 Å². The van der Waals surface area contributed by atoms with Crippen molar-refractivity contribution in [3.05, 3.63) is 46.9 Å². The summed E-state index contributed by atoms with van der Waals surface area (Å²) in [6.45, 7) is 0. The lowest BCUT2D eigenvalue weighted by Gasteiger charge is -2.04. The van der Waals surface area contributed by atoms with Gasteiger partial charge in [-0.2, -0.15) is 13.2 Å². The molecule has 0 fully saturated rings. The molecule has 2 nitrogen and oxygen atoms in total. The number of hydrogen-bond acceptors (Lipinski definition) is 3. The fourth-order valence-corrected chi connectivity index (χ4v) is 1.18. The second-order valence-electron chi connectivity index (χ2n) is 2.72. The lowest BCUT2D eigenvalue weighted by Crippen LogP contribution is -2.03. The van der Waals surface area contributed by atoms with E-state index in [1.54, 1.807) is 23.0 Å². The second kappa shape index (κ2) is 5.50. The molecule has 0 saturated heterocycles.